The van der Waals surface area contributed by atoms with E-state index >= 15 is 0 Å². The zero-order chi connectivity index (χ0) is 15.6. The highest BCUT2D eigenvalue weighted by Gasteiger charge is 2.25. The first-order valence-corrected chi connectivity index (χ1v) is 7.40. The Kier molecular flexibility index (Phi) is 4.04. The number of halogens is 1. The monoisotopic (exact) mass is 301 g/mol. The van der Waals surface area contributed by atoms with Crippen LogP contribution < -0.4 is 16.0 Å². The molecule has 1 aliphatic heterocycles. The topological polar surface area (TPSA) is 67.1 Å². The van der Waals surface area contributed by atoms with Crippen LogP contribution in [0, 0.1) is 5.82 Å². The van der Waals surface area contributed by atoms with Gasteiger partial charge in [-0.05, 0) is 24.6 Å². The number of benzene rings is 1. The number of rotatable bonds is 3. The Labute approximate surface area is 129 Å². The van der Waals surface area contributed by atoms with Crippen molar-refractivity contribution in [2.45, 2.75) is 12.5 Å². The number of hydrogen-bond donors (Lipinski definition) is 2. The van der Waals surface area contributed by atoms with Crippen molar-refractivity contribution < 1.29 is 4.39 Å². The Morgan fingerprint density at radius 1 is 1.09 bits per heavy atom. The Morgan fingerprint density at radius 2 is 1.68 bits per heavy atom. The first-order valence-electron chi connectivity index (χ1n) is 7.40. The van der Waals surface area contributed by atoms with Crippen LogP contribution in [-0.2, 0) is 5.54 Å². The average molecular weight is 301 g/mol. The van der Waals surface area contributed by atoms with E-state index in [-0.39, 0.29) is 5.82 Å². The molecule has 1 saturated heterocycles. The van der Waals surface area contributed by atoms with Crippen LogP contribution >= 0.6 is 0 Å². The molecule has 5 nitrogen and oxygen atoms in total. The van der Waals surface area contributed by atoms with Gasteiger partial charge in [-0.1, -0.05) is 12.1 Å². The van der Waals surface area contributed by atoms with Gasteiger partial charge >= 0.3 is 0 Å². The molecular formula is C16H20FN5. The first kappa shape index (κ1) is 14.9. The number of hydrogen-bond acceptors (Lipinski definition) is 5. The molecule has 1 atom stereocenters. The van der Waals surface area contributed by atoms with E-state index < -0.39 is 5.54 Å². The molecule has 1 aliphatic rings. The molecule has 3 rings (SSSR count). The number of nitrogens with two attached hydrogens (primary N) is 1. The molecule has 1 fully saturated rings. The molecule has 0 saturated carbocycles. The van der Waals surface area contributed by atoms with Crippen molar-refractivity contribution >= 4 is 5.95 Å². The van der Waals surface area contributed by atoms with Gasteiger partial charge in [-0.25, -0.2) is 14.4 Å². The van der Waals surface area contributed by atoms with Crippen molar-refractivity contribution in [3.05, 3.63) is 53.6 Å². The van der Waals surface area contributed by atoms with Crippen LogP contribution in [0.2, 0.25) is 0 Å². The molecule has 116 valence electrons. The number of nitrogens with one attached hydrogen (secondary N) is 1. The smallest absolute Gasteiger partial charge is 0.225 e. The Balaban J connectivity index is 1.83. The highest BCUT2D eigenvalue weighted by Crippen LogP contribution is 2.26. The largest absolute Gasteiger partial charge is 0.338 e. The van der Waals surface area contributed by atoms with Crippen LogP contribution in [0.5, 0.6) is 0 Å². The number of aromatic nitrogens is 2. The van der Waals surface area contributed by atoms with Gasteiger partial charge in [0.25, 0.3) is 0 Å². The number of piperazine rings is 1. The fourth-order valence-corrected chi connectivity index (χ4v) is 2.58. The van der Waals surface area contributed by atoms with Crippen molar-refractivity contribution in [3.8, 4) is 0 Å². The molecule has 1 aromatic heterocycles. The van der Waals surface area contributed by atoms with Crippen molar-refractivity contribution in [1.82, 2.24) is 15.3 Å². The van der Waals surface area contributed by atoms with Crippen LogP contribution in [0.1, 0.15) is 18.1 Å². The summed E-state index contributed by atoms with van der Waals surface area (Å²) in [6.45, 7) is 5.56. The Bertz CT molecular complexity index is 618. The molecule has 22 heavy (non-hydrogen) atoms. The third-order valence-corrected chi connectivity index (χ3v) is 4.08. The molecule has 0 aliphatic carbocycles. The third kappa shape index (κ3) is 2.93. The summed E-state index contributed by atoms with van der Waals surface area (Å²) in [4.78, 5) is 11.0. The highest BCUT2D eigenvalue weighted by atomic mass is 19.1. The quantitative estimate of drug-likeness (QED) is 0.893. The van der Waals surface area contributed by atoms with Crippen LogP contribution in [-0.4, -0.2) is 36.1 Å². The predicted octanol–water partition coefficient (Wildman–Crippen LogP) is 1.25. The summed E-state index contributed by atoms with van der Waals surface area (Å²) in [5.74, 6) is 0.449. The molecule has 0 unspecified atom stereocenters. The van der Waals surface area contributed by atoms with Crippen LogP contribution in [0.3, 0.4) is 0 Å². The van der Waals surface area contributed by atoms with Crippen molar-refractivity contribution in [3.63, 3.8) is 0 Å². The van der Waals surface area contributed by atoms with E-state index in [1.807, 2.05) is 6.92 Å². The summed E-state index contributed by atoms with van der Waals surface area (Å²) in [6, 6.07) is 6.21. The van der Waals surface area contributed by atoms with Gasteiger partial charge in [0.05, 0.1) is 5.54 Å². The second-order valence-corrected chi connectivity index (χ2v) is 5.72. The lowest BCUT2D eigenvalue weighted by atomic mass is 9.87. The fourth-order valence-electron chi connectivity index (χ4n) is 2.58. The maximum atomic E-state index is 13.1. The Hall–Kier alpha value is -2.05. The molecule has 1 aromatic carbocycles. The molecule has 0 spiro atoms. The third-order valence-electron chi connectivity index (χ3n) is 4.08. The lowest BCUT2D eigenvalue weighted by Crippen LogP contribution is -2.44. The van der Waals surface area contributed by atoms with Crippen LogP contribution in [0.4, 0.5) is 10.3 Å². The normalized spacial score (nSPS) is 18.0. The molecule has 3 N–H and O–H groups in total. The van der Waals surface area contributed by atoms with Gasteiger partial charge in [-0.15, -0.1) is 0 Å². The molecule has 0 bridgehead atoms. The first-order chi connectivity index (χ1) is 10.6. The van der Waals surface area contributed by atoms with E-state index in [1.165, 1.54) is 12.1 Å². The second kappa shape index (κ2) is 5.98. The van der Waals surface area contributed by atoms with Gasteiger partial charge in [0.15, 0.2) is 0 Å². The molecule has 0 amide bonds. The van der Waals surface area contributed by atoms with Crippen LogP contribution in [0.15, 0.2) is 36.7 Å². The Morgan fingerprint density at radius 3 is 2.27 bits per heavy atom. The number of anilines is 1. The minimum Gasteiger partial charge on any atom is -0.338 e. The van der Waals surface area contributed by atoms with Gasteiger partial charge in [-0.3, -0.25) is 0 Å². The lowest BCUT2D eigenvalue weighted by molar-refractivity contribution is 0.572. The summed E-state index contributed by atoms with van der Waals surface area (Å²) in [6.07, 6.45) is 3.52. The van der Waals surface area contributed by atoms with Crippen molar-refractivity contribution in [2.75, 3.05) is 31.1 Å². The lowest BCUT2D eigenvalue weighted by Gasteiger charge is -2.29. The number of nitrogens with zero attached hydrogens (tertiary/aromatic N) is 3. The van der Waals surface area contributed by atoms with Gasteiger partial charge in [-0.2, -0.15) is 0 Å². The highest BCUT2D eigenvalue weighted by molar-refractivity contribution is 5.38. The van der Waals surface area contributed by atoms with E-state index in [0.29, 0.717) is 0 Å². The van der Waals surface area contributed by atoms with Crippen molar-refractivity contribution in [1.29, 1.82) is 0 Å². The van der Waals surface area contributed by atoms with Crippen LogP contribution in [0.25, 0.3) is 0 Å². The molecule has 2 aromatic rings. The summed E-state index contributed by atoms with van der Waals surface area (Å²) >= 11 is 0. The van der Waals surface area contributed by atoms with E-state index in [0.717, 1.165) is 43.3 Å². The van der Waals surface area contributed by atoms with E-state index in [2.05, 4.69) is 20.2 Å². The molecular weight excluding hydrogens is 281 g/mol. The van der Waals surface area contributed by atoms with Gasteiger partial charge in [0.2, 0.25) is 5.95 Å². The minimum absolute atomic E-state index is 0.273. The zero-order valence-electron chi connectivity index (χ0n) is 12.6. The minimum atomic E-state index is -0.754. The van der Waals surface area contributed by atoms with E-state index in [9.17, 15) is 4.39 Å². The maximum absolute atomic E-state index is 13.1. The molecule has 2 heterocycles. The maximum Gasteiger partial charge on any atom is 0.225 e. The zero-order valence-corrected chi connectivity index (χ0v) is 12.6. The van der Waals surface area contributed by atoms with E-state index in [1.54, 1.807) is 24.5 Å². The SMILES string of the molecule is C[C@@](N)(c1ccc(F)cc1)c1cnc(N2CCNCC2)nc1. The molecule has 0 radical (unpaired) electrons. The average Bonchev–Trinajstić information content (AvgIpc) is 2.56. The van der Waals surface area contributed by atoms with Gasteiger partial charge in [0, 0.05) is 44.1 Å². The van der Waals surface area contributed by atoms with E-state index in [4.69, 9.17) is 5.73 Å². The fraction of sp³-hybridized carbons (Fsp3) is 0.375. The summed E-state index contributed by atoms with van der Waals surface area (Å²) < 4.78 is 13.1. The standard InChI is InChI=1S/C16H20FN5/c1-16(18,12-2-4-14(17)5-3-12)13-10-20-15(21-11-13)22-8-6-19-7-9-22/h2-5,10-11,19H,6-9,18H2,1H3/t16-/m1/s1. The summed E-state index contributed by atoms with van der Waals surface area (Å²) in [5, 5.41) is 3.30. The second-order valence-electron chi connectivity index (χ2n) is 5.72. The molecule has 6 heteroatoms. The summed E-state index contributed by atoms with van der Waals surface area (Å²) in [7, 11) is 0. The predicted molar refractivity (Wildman–Crippen MR) is 84.2 cm³/mol. The van der Waals surface area contributed by atoms with Crippen molar-refractivity contribution in [2.24, 2.45) is 5.73 Å². The van der Waals surface area contributed by atoms with Gasteiger partial charge in [0.1, 0.15) is 5.82 Å². The summed E-state index contributed by atoms with van der Waals surface area (Å²) in [5.41, 5.74) is 7.29. The van der Waals surface area contributed by atoms with Gasteiger partial charge < -0.3 is 16.0 Å².